The van der Waals surface area contributed by atoms with E-state index in [-0.39, 0.29) is 11.9 Å². The molecule has 1 atom stereocenters. The number of carbonyl (C=O) groups is 1. The molecule has 2 rings (SSSR count). The van der Waals surface area contributed by atoms with Gasteiger partial charge >= 0.3 is 5.97 Å². The SMILES string of the molecule is CC(C)c1ccc(COC(=O)C2CCCNC2)cc1. The van der Waals surface area contributed by atoms with E-state index in [1.54, 1.807) is 0 Å². The Morgan fingerprint density at radius 3 is 2.68 bits per heavy atom. The van der Waals surface area contributed by atoms with Crippen molar-refractivity contribution in [1.29, 1.82) is 0 Å². The van der Waals surface area contributed by atoms with Gasteiger partial charge in [0.2, 0.25) is 0 Å². The van der Waals surface area contributed by atoms with Gasteiger partial charge in [-0.1, -0.05) is 38.1 Å². The monoisotopic (exact) mass is 261 g/mol. The number of piperidine rings is 1. The van der Waals surface area contributed by atoms with E-state index in [1.165, 1.54) is 5.56 Å². The summed E-state index contributed by atoms with van der Waals surface area (Å²) in [5, 5.41) is 3.23. The van der Waals surface area contributed by atoms with E-state index in [1.807, 2.05) is 12.1 Å². The first-order valence-electron chi connectivity index (χ1n) is 7.13. The molecule has 0 bridgehead atoms. The number of rotatable bonds is 4. The summed E-state index contributed by atoms with van der Waals surface area (Å²) in [6, 6.07) is 8.30. The summed E-state index contributed by atoms with van der Waals surface area (Å²) in [7, 11) is 0. The summed E-state index contributed by atoms with van der Waals surface area (Å²) in [4.78, 5) is 11.9. The molecule has 0 aromatic heterocycles. The van der Waals surface area contributed by atoms with E-state index in [4.69, 9.17) is 4.74 Å². The fourth-order valence-corrected chi connectivity index (χ4v) is 2.32. The van der Waals surface area contributed by atoms with Crippen molar-refractivity contribution in [2.24, 2.45) is 5.92 Å². The summed E-state index contributed by atoms with van der Waals surface area (Å²) in [5.74, 6) is 0.494. The van der Waals surface area contributed by atoms with Gasteiger partial charge in [0, 0.05) is 6.54 Å². The molecular formula is C16H23NO2. The van der Waals surface area contributed by atoms with Crippen molar-refractivity contribution in [2.75, 3.05) is 13.1 Å². The highest BCUT2D eigenvalue weighted by atomic mass is 16.5. The molecule has 3 nitrogen and oxygen atoms in total. The minimum Gasteiger partial charge on any atom is -0.461 e. The van der Waals surface area contributed by atoms with Crippen LogP contribution in [0.15, 0.2) is 24.3 Å². The topological polar surface area (TPSA) is 38.3 Å². The van der Waals surface area contributed by atoms with E-state index in [9.17, 15) is 4.79 Å². The molecule has 0 saturated carbocycles. The average molecular weight is 261 g/mol. The lowest BCUT2D eigenvalue weighted by atomic mass is 10.00. The van der Waals surface area contributed by atoms with Crippen molar-refractivity contribution in [3.05, 3.63) is 35.4 Å². The number of hydrogen-bond acceptors (Lipinski definition) is 3. The Balaban J connectivity index is 1.82. The first-order valence-corrected chi connectivity index (χ1v) is 7.13. The zero-order chi connectivity index (χ0) is 13.7. The standard InChI is InChI=1S/C16H23NO2/c1-12(2)14-7-5-13(6-8-14)11-19-16(18)15-4-3-9-17-10-15/h5-8,12,15,17H,3-4,9-11H2,1-2H3. The first-order chi connectivity index (χ1) is 9.16. The minimum absolute atomic E-state index is 0.0312. The van der Waals surface area contributed by atoms with E-state index in [0.717, 1.165) is 31.5 Å². The smallest absolute Gasteiger partial charge is 0.310 e. The number of hydrogen-bond donors (Lipinski definition) is 1. The van der Waals surface area contributed by atoms with Gasteiger partial charge in [0.15, 0.2) is 0 Å². The second-order valence-corrected chi connectivity index (χ2v) is 5.55. The summed E-state index contributed by atoms with van der Waals surface area (Å²) in [5.41, 5.74) is 2.37. The molecule has 0 aliphatic carbocycles. The molecule has 19 heavy (non-hydrogen) atoms. The van der Waals surface area contributed by atoms with Crippen LogP contribution in [0.25, 0.3) is 0 Å². The van der Waals surface area contributed by atoms with Crippen LogP contribution in [-0.4, -0.2) is 19.1 Å². The van der Waals surface area contributed by atoms with E-state index in [2.05, 4.69) is 31.3 Å². The van der Waals surface area contributed by atoms with E-state index in [0.29, 0.717) is 12.5 Å². The van der Waals surface area contributed by atoms with Gasteiger partial charge in [-0.05, 0) is 36.4 Å². The Morgan fingerprint density at radius 2 is 2.11 bits per heavy atom. The third-order valence-corrected chi connectivity index (χ3v) is 3.66. The molecular weight excluding hydrogens is 238 g/mol. The van der Waals surface area contributed by atoms with Crippen LogP contribution >= 0.6 is 0 Å². The van der Waals surface area contributed by atoms with Crippen LogP contribution < -0.4 is 5.32 Å². The van der Waals surface area contributed by atoms with Gasteiger partial charge in [-0.3, -0.25) is 4.79 Å². The molecule has 1 aliphatic rings. The highest BCUT2D eigenvalue weighted by Crippen LogP contribution is 2.16. The average Bonchev–Trinajstić information content (AvgIpc) is 2.46. The molecule has 104 valence electrons. The zero-order valence-corrected chi connectivity index (χ0v) is 11.8. The van der Waals surface area contributed by atoms with Gasteiger partial charge in [-0.15, -0.1) is 0 Å². The number of esters is 1. The van der Waals surface area contributed by atoms with Crippen molar-refractivity contribution in [3.63, 3.8) is 0 Å². The first kappa shape index (κ1) is 14.1. The van der Waals surface area contributed by atoms with Crippen molar-refractivity contribution in [1.82, 2.24) is 5.32 Å². The van der Waals surface area contributed by atoms with Crippen LogP contribution in [0.5, 0.6) is 0 Å². The molecule has 0 spiro atoms. The maximum atomic E-state index is 11.9. The summed E-state index contributed by atoms with van der Waals surface area (Å²) in [6.07, 6.45) is 2.00. The predicted molar refractivity (Wildman–Crippen MR) is 75.9 cm³/mol. The van der Waals surface area contributed by atoms with Crippen LogP contribution in [0.2, 0.25) is 0 Å². The largest absolute Gasteiger partial charge is 0.461 e. The van der Waals surface area contributed by atoms with Gasteiger partial charge in [-0.2, -0.15) is 0 Å². The van der Waals surface area contributed by atoms with E-state index < -0.39 is 0 Å². The van der Waals surface area contributed by atoms with Gasteiger partial charge in [-0.25, -0.2) is 0 Å². The molecule has 1 fully saturated rings. The van der Waals surface area contributed by atoms with Crippen molar-refractivity contribution < 1.29 is 9.53 Å². The third-order valence-electron chi connectivity index (χ3n) is 3.66. The highest BCUT2D eigenvalue weighted by molar-refractivity contribution is 5.72. The predicted octanol–water partition coefficient (Wildman–Crippen LogP) is 2.85. The normalized spacial score (nSPS) is 19.4. The van der Waals surface area contributed by atoms with Crippen LogP contribution in [-0.2, 0) is 16.1 Å². The Labute approximate surface area is 115 Å². The van der Waals surface area contributed by atoms with Crippen LogP contribution in [0.4, 0.5) is 0 Å². The lowest BCUT2D eigenvalue weighted by Gasteiger charge is -2.21. The number of carbonyl (C=O) groups excluding carboxylic acids is 1. The summed E-state index contributed by atoms with van der Waals surface area (Å²) < 4.78 is 5.39. The van der Waals surface area contributed by atoms with Gasteiger partial charge in [0.1, 0.15) is 6.61 Å². The Morgan fingerprint density at radius 1 is 1.37 bits per heavy atom. The number of ether oxygens (including phenoxy) is 1. The lowest BCUT2D eigenvalue weighted by Crippen LogP contribution is -2.35. The van der Waals surface area contributed by atoms with Crippen molar-refractivity contribution in [3.8, 4) is 0 Å². The molecule has 1 aliphatic heterocycles. The Bertz CT molecular complexity index is 405. The fourth-order valence-electron chi connectivity index (χ4n) is 2.32. The van der Waals surface area contributed by atoms with Crippen molar-refractivity contribution >= 4 is 5.97 Å². The minimum atomic E-state index is -0.0693. The van der Waals surface area contributed by atoms with Gasteiger partial charge in [0.25, 0.3) is 0 Å². The molecule has 0 amide bonds. The maximum Gasteiger partial charge on any atom is 0.310 e. The third kappa shape index (κ3) is 4.06. The molecule has 1 saturated heterocycles. The lowest BCUT2D eigenvalue weighted by molar-refractivity contribution is -0.150. The zero-order valence-electron chi connectivity index (χ0n) is 11.8. The molecule has 1 heterocycles. The van der Waals surface area contributed by atoms with Crippen LogP contribution in [0.1, 0.15) is 43.7 Å². The maximum absolute atomic E-state index is 11.9. The molecule has 1 aromatic rings. The van der Waals surface area contributed by atoms with Gasteiger partial charge in [0.05, 0.1) is 5.92 Å². The quantitative estimate of drug-likeness (QED) is 0.847. The number of nitrogens with one attached hydrogen (secondary N) is 1. The Kier molecular flexibility index (Phi) is 4.97. The van der Waals surface area contributed by atoms with Crippen molar-refractivity contribution in [2.45, 2.75) is 39.2 Å². The molecule has 1 aromatic carbocycles. The molecule has 1 N–H and O–H groups in total. The second kappa shape index (κ2) is 6.71. The van der Waals surface area contributed by atoms with Gasteiger partial charge < -0.3 is 10.1 Å². The molecule has 1 unspecified atom stereocenters. The fraction of sp³-hybridized carbons (Fsp3) is 0.562. The van der Waals surface area contributed by atoms with Crippen LogP contribution in [0, 0.1) is 5.92 Å². The summed E-state index contributed by atoms with van der Waals surface area (Å²) >= 11 is 0. The van der Waals surface area contributed by atoms with Crippen LogP contribution in [0.3, 0.4) is 0 Å². The van der Waals surface area contributed by atoms with E-state index >= 15 is 0 Å². The summed E-state index contributed by atoms with van der Waals surface area (Å²) in [6.45, 7) is 6.50. The Hall–Kier alpha value is -1.35. The number of benzene rings is 1. The highest BCUT2D eigenvalue weighted by Gasteiger charge is 2.22. The second-order valence-electron chi connectivity index (χ2n) is 5.55. The molecule has 0 radical (unpaired) electrons. The molecule has 3 heteroatoms.